The van der Waals surface area contributed by atoms with Crippen LogP contribution in [0.15, 0.2) is 11.6 Å². The third-order valence-corrected chi connectivity index (χ3v) is 3.70. The zero-order valence-corrected chi connectivity index (χ0v) is 13.4. The number of carbonyl (C=O) groups excluding carboxylic acids is 1. The molecule has 106 valence electrons. The second-order valence-corrected chi connectivity index (χ2v) is 5.49. The molecule has 0 saturated carbocycles. The summed E-state index contributed by atoms with van der Waals surface area (Å²) in [6.07, 6.45) is 1.74. The number of nitrogens with zero attached hydrogens (tertiary/aromatic N) is 1. The lowest BCUT2D eigenvalue weighted by molar-refractivity contribution is -0.126. The summed E-state index contributed by atoms with van der Waals surface area (Å²) in [6, 6.07) is -0.146. The van der Waals surface area contributed by atoms with E-state index in [0.717, 1.165) is 5.01 Å². The standard InChI is InChI=1S/C11H19N3OS.2ClH/c1-7(8(2)12)9(15)14-11(3,4)10-13-5-6-16-10;;/h5-8H,12H2,1-4H3,(H,14,15);2*1H. The topological polar surface area (TPSA) is 68.0 Å². The van der Waals surface area contributed by atoms with Gasteiger partial charge in [-0.1, -0.05) is 6.92 Å². The fraction of sp³-hybridized carbons (Fsp3) is 0.636. The zero-order chi connectivity index (χ0) is 12.3. The first-order chi connectivity index (χ1) is 7.34. The normalized spacial score (nSPS) is 13.8. The van der Waals surface area contributed by atoms with Gasteiger partial charge in [0.15, 0.2) is 0 Å². The van der Waals surface area contributed by atoms with E-state index in [4.69, 9.17) is 5.73 Å². The highest BCUT2D eigenvalue weighted by Gasteiger charge is 2.28. The maximum Gasteiger partial charge on any atom is 0.225 e. The van der Waals surface area contributed by atoms with Crippen LogP contribution in [0.4, 0.5) is 0 Å². The van der Waals surface area contributed by atoms with Crippen LogP contribution in [0.2, 0.25) is 0 Å². The molecule has 2 unspecified atom stereocenters. The predicted octanol–water partition coefficient (Wildman–Crippen LogP) is 2.32. The number of carbonyl (C=O) groups is 1. The van der Waals surface area contributed by atoms with Crippen LogP contribution in [0.25, 0.3) is 0 Å². The van der Waals surface area contributed by atoms with Crippen molar-refractivity contribution in [3.8, 4) is 0 Å². The number of hydrogen-bond acceptors (Lipinski definition) is 4. The highest BCUT2D eigenvalue weighted by Crippen LogP contribution is 2.22. The number of amides is 1. The molecule has 0 radical (unpaired) electrons. The first-order valence-corrected chi connectivity index (χ1v) is 6.20. The molecule has 0 aliphatic heterocycles. The quantitative estimate of drug-likeness (QED) is 0.896. The molecule has 0 aliphatic carbocycles. The summed E-state index contributed by atoms with van der Waals surface area (Å²) in [5, 5.41) is 5.77. The molecule has 1 heterocycles. The maximum absolute atomic E-state index is 11.9. The third kappa shape index (κ3) is 5.10. The van der Waals surface area contributed by atoms with E-state index >= 15 is 0 Å². The van der Waals surface area contributed by atoms with Gasteiger partial charge in [-0.3, -0.25) is 4.79 Å². The van der Waals surface area contributed by atoms with Crippen molar-refractivity contribution < 1.29 is 4.79 Å². The molecule has 2 atom stereocenters. The van der Waals surface area contributed by atoms with Crippen LogP contribution in [0.1, 0.15) is 32.7 Å². The summed E-state index contributed by atoms with van der Waals surface area (Å²) >= 11 is 1.53. The van der Waals surface area contributed by atoms with Crippen molar-refractivity contribution in [1.29, 1.82) is 0 Å². The number of nitrogens with two attached hydrogens (primary N) is 1. The van der Waals surface area contributed by atoms with E-state index in [9.17, 15) is 4.79 Å². The number of hydrogen-bond donors (Lipinski definition) is 2. The molecule has 1 aromatic heterocycles. The first kappa shape index (κ1) is 20.0. The molecule has 0 saturated heterocycles. The van der Waals surface area contributed by atoms with Crippen LogP contribution in [0.5, 0.6) is 0 Å². The van der Waals surface area contributed by atoms with Crippen LogP contribution < -0.4 is 11.1 Å². The van der Waals surface area contributed by atoms with E-state index in [1.165, 1.54) is 11.3 Å². The number of thiazole rings is 1. The van der Waals surface area contributed by atoms with Crippen molar-refractivity contribution in [2.24, 2.45) is 11.7 Å². The van der Waals surface area contributed by atoms with E-state index in [2.05, 4.69) is 10.3 Å². The summed E-state index contributed by atoms with van der Waals surface area (Å²) in [5.74, 6) is -0.227. The lowest BCUT2D eigenvalue weighted by atomic mass is 10.0. The summed E-state index contributed by atoms with van der Waals surface area (Å²) in [5.41, 5.74) is 5.26. The van der Waals surface area contributed by atoms with E-state index in [1.54, 1.807) is 6.20 Å². The average molecular weight is 314 g/mol. The van der Waals surface area contributed by atoms with E-state index in [-0.39, 0.29) is 42.7 Å². The van der Waals surface area contributed by atoms with Gasteiger partial charge in [-0.05, 0) is 20.8 Å². The number of nitrogens with one attached hydrogen (secondary N) is 1. The highest BCUT2D eigenvalue weighted by atomic mass is 35.5. The van der Waals surface area contributed by atoms with Gasteiger partial charge in [0.2, 0.25) is 5.91 Å². The Labute approximate surface area is 125 Å². The molecule has 1 aromatic rings. The number of halogens is 2. The molecule has 0 bridgehead atoms. The van der Waals surface area contributed by atoms with Gasteiger partial charge in [0.1, 0.15) is 5.01 Å². The SMILES string of the molecule is CC(N)C(C)C(=O)NC(C)(C)c1nccs1.Cl.Cl. The minimum absolute atomic E-state index is 0. The molecule has 3 N–H and O–H groups in total. The minimum Gasteiger partial charge on any atom is -0.344 e. The van der Waals surface area contributed by atoms with Gasteiger partial charge < -0.3 is 11.1 Å². The van der Waals surface area contributed by atoms with Crippen LogP contribution in [0, 0.1) is 5.92 Å². The monoisotopic (exact) mass is 313 g/mol. The molecule has 0 aromatic carbocycles. The molecule has 4 nitrogen and oxygen atoms in total. The zero-order valence-electron chi connectivity index (χ0n) is 11.0. The minimum atomic E-state index is -0.436. The summed E-state index contributed by atoms with van der Waals surface area (Å²) in [6.45, 7) is 7.55. The highest BCUT2D eigenvalue weighted by molar-refractivity contribution is 7.09. The van der Waals surface area contributed by atoms with E-state index in [0.29, 0.717) is 0 Å². The third-order valence-electron chi connectivity index (χ3n) is 2.60. The van der Waals surface area contributed by atoms with Crippen molar-refractivity contribution in [2.75, 3.05) is 0 Å². The van der Waals surface area contributed by atoms with Crippen LogP contribution in [-0.4, -0.2) is 16.9 Å². The largest absolute Gasteiger partial charge is 0.344 e. The second-order valence-electron chi connectivity index (χ2n) is 4.60. The second kappa shape index (κ2) is 7.94. The number of rotatable bonds is 4. The van der Waals surface area contributed by atoms with E-state index < -0.39 is 5.54 Å². The van der Waals surface area contributed by atoms with Gasteiger partial charge >= 0.3 is 0 Å². The fourth-order valence-corrected chi connectivity index (χ4v) is 1.96. The van der Waals surface area contributed by atoms with Gasteiger partial charge in [0.05, 0.1) is 5.54 Å². The molecule has 1 amide bonds. The number of aromatic nitrogens is 1. The van der Waals surface area contributed by atoms with Crippen molar-refractivity contribution in [2.45, 2.75) is 39.3 Å². The molecule has 0 fully saturated rings. The first-order valence-electron chi connectivity index (χ1n) is 5.32. The molecule has 1 rings (SSSR count). The van der Waals surface area contributed by atoms with E-state index in [1.807, 2.05) is 33.1 Å². The van der Waals surface area contributed by atoms with Crippen LogP contribution in [0.3, 0.4) is 0 Å². The Morgan fingerprint density at radius 2 is 2.00 bits per heavy atom. The molecule has 0 aliphatic rings. The van der Waals surface area contributed by atoms with Gasteiger partial charge in [-0.25, -0.2) is 4.98 Å². The Morgan fingerprint density at radius 1 is 1.44 bits per heavy atom. The summed E-state index contributed by atoms with van der Waals surface area (Å²) in [7, 11) is 0. The van der Waals surface area contributed by atoms with Crippen molar-refractivity contribution >= 4 is 42.1 Å². The Kier molecular flexibility index (Phi) is 8.81. The summed E-state index contributed by atoms with van der Waals surface area (Å²) < 4.78 is 0. The molecular formula is C11H21Cl2N3OS. The molecule has 7 heteroatoms. The molecule has 0 spiro atoms. The van der Waals surface area contributed by atoms with Gasteiger partial charge in [0.25, 0.3) is 0 Å². The van der Waals surface area contributed by atoms with Crippen LogP contribution in [-0.2, 0) is 10.3 Å². The smallest absolute Gasteiger partial charge is 0.225 e. The van der Waals surface area contributed by atoms with Crippen molar-refractivity contribution in [3.05, 3.63) is 16.6 Å². The Hall–Kier alpha value is -0.360. The Balaban J connectivity index is 0. The summed E-state index contributed by atoms with van der Waals surface area (Å²) in [4.78, 5) is 16.1. The lowest BCUT2D eigenvalue weighted by Crippen LogP contribution is -2.47. The van der Waals surface area contributed by atoms with Crippen molar-refractivity contribution in [3.63, 3.8) is 0 Å². The maximum atomic E-state index is 11.9. The van der Waals surface area contributed by atoms with Crippen molar-refractivity contribution in [1.82, 2.24) is 10.3 Å². The Morgan fingerprint density at radius 3 is 2.39 bits per heavy atom. The van der Waals surface area contributed by atoms with Gasteiger partial charge in [-0.15, -0.1) is 36.2 Å². The average Bonchev–Trinajstić information content (AvgIpc) is 2.68. The predicted molar refractivity (Wildman–Crippen MR) is 80.6 cm³/mol. The fourth-order valence-electron chi connectivity index (χ4n) is 1.25. The van der Waals surface area contributed by atoms with Crippen LogP contribution >= 0.6 is 36.2 Å². The van der Waals surface area contributed by atoms with Gasteiger partial charge in [0, 0.05) is 23.5 Å². The molecule has 18 heavy (non-hydrogen) atoms. The lowest BCUT2D eigenvalue weighted by Gasteiger charge is -2.26. The van der Waals surface area contributed by atoms with Gasteiger partial charge in [-0.2, -0.15) is 0 Å². The Bertz CT molecular complexity index is 355. The molecular weight excluding hydrogens is 293 g/mol.